The van der Waals surface area contributed by atoms with Gasteiger partial charge in [-0.25, -0.2) is 0 Å². The van der Waals surface area contributed by atoms with E-state index < -0.39 is 0 Å². The SMILES string of the molecule is COc1c(OC)c2ccccc2n(C)c1=O. The summed E-state index contributed by atoms with van der Waals surface area (Å²) in [6.45, 7) is 0. The second-order valence-corrected chi connectivity index (χ2v) is 3.45. The van der Waals surface area contributed by atoms with Gasteiger partial charge in [0.2, 0.25) is 5.75 Å². The van der Waals surface area contributed by atoms with E-state index in [1.54, 1.807) is 11.6 Å². The Bertz CT molecular complexity index is 587. The van der Waals surface area contributed by atoms with Crippen molar-refractivity contribution in [3.8, 4) is 11.5 Å². The molecule has 84 valence electrons. The van der Waals surface area contributed by atoms with Crippen LogP contribution < -0.4 is 15.0 Å². The van der Waals surface area contributed by atoms with Gasteiger partial charge in [-0.3, -0.25) is 4.79 Å². The summed E-state index contributed by atoms with van der Waals surface area (Å²) in [6.07, 6.45) is 0. The summed E-state index contributed by atoms with van der Waals surface area (Å²) in [5.74, 6) is 0.727. The fourth-order valence-electron chi connectivity index (χ4n) is 1.82. The summed E-state index contributed by atoms with van der Waals surface area (Å²) >= 11 is 0. The summed E-state index contributed by atoms with van der Waals surface area (Å²) in [5, 5.41) is 0.865. The van der Waals surface area contributed by atoms with Gasteiger partial charge in [-0.15, -0.1) is 0 Å². The molecular formula is C12H13NO3. The molecule has 0 amide bonds. The number of aryl methyl sites for hydroxylation is 1. The maximum absolute atomic E-state index is 12.0. The van der Waals surface area contributed by atoms with Crippen molar-refractivity contribution in [3.05, 3.63) is 34.6 Å². The summed E-state index contributed by atoms with van der Waals surface area (Å²) in [4.78, 5) is 12.0. The van der Waals surface area contributed by atoms with Crippen molar-refractivity contribution in [2.75, 3.05) is 14.2 Å². The van der Waals surface area contributed by atoms with Gasteiger partial charge in [-0.1, -0.05) is 12.1 Å². The summed E-state index contributed by atoms with van der Waals surface area (Å²) in [6, 6.07) is 7.55. The molecule has 0 spiro atoms. The molecule has 1 aromatic heterocycles. The van der Waals surface area contributed by atoms with Crippen LogP contribution in [0.25, 0.3) is 10.9 Å². The molecule has 2 rings (SSSR count). The Morgan fingerprint density at radius 3 is 2.31 bits per heavy atom. The van der Waals surface area contributed by atoms with E-state index in [1.807, 2.05) is 24.3 Å². The quantitative estimate of drug-likeness (QED) is 0.769. The average Bonchev–Trinajstić information content (AvgIpc) is 2.33. The molecule has 0 saturated heterocycles. The van der Waals surface area contributed by atoms with E-state index in [2.05, 4.69) is 0 Å². The molecule has 0 fully saturated rings. The normalized spacial score (nSPS) is 10.4. The van der Waals surface area contributed by atoms with E-state index in [4.69, 9.17) is 9.47 Å². The van der Waals surface area contributed by atoms with Crippen molar-refractivity contribution in [2.24, 2.45) is 7.05 Å². The number of hydrogen-bond donors (Lipinski definition) is 0. The Morgan fingerprint density at radius 2 is 1.69 bits per heavy atom. The zero-order chi connectivity index (χ0) is 11.7. The van der Waals surface area contributed by atoms with Crippen LogP contribution in [0, 0.1) is 0 Å². The maximum Gasteiger partial charge on any atom is 0.297 e. The van der Waals surface area contributed by atoms with E-state index in [0.29, 0.717) is 5.75 Å². The zero-order valence-corrected chi connectivity index (χ0v) is 9.48. The lowest BCUT2D eigenvalue weighted by molar-refractivity contribution is 0.352. The highest BCUT2D eigenvalue weighted by molar-refractivity contribution is 5.87. The standard InChI is InChI=1S/C12H13NO3/c1-13-9-7-5-4-6-8(9)10(15-2)11(16-3)12(13)14/h4-7H,1-3H3. The Balaban J connectivity index is 3.01. The molecule has 0 N–H and O–H groups in total. The number of rotatable bonds is 2. The Hall–Kier alpha value is -1.97. The lowest BCUT2D eigenvalue weighted by atomic mass is 10.2. The Labute approximate surface area is 93.0 Å². The molecular weight excluding hydrogens is 206 g/mol. The predicted octanol–water partition coefficient (Wildman–Crippen LogP) is 1.56. The number of ether oxygens (including phenoxy) is 2. The van der Waals surface area contributed by atoms with E-state index in [9.17, 15) is 4.79 Å². The van der Waals surface area contributed by atoms with Crippen LogP contribution in [0.3, 0.4) is 0 Å². The van der Waals surface area contributed by atoms with Gasteiger partial charge in [0.1, 0.15) is 0 Å². The van der Waals surface area contributed by atoms with Crippen LogP contribution >= 0.6 is 0 Å². The van der Waals surface area contributed by atoms with Gasteiger partial charge in [-0.2, -0.15) is 0 Å². The second kappa shape index (κ2) is 3.89. The Kier molecular flexibility index (Phi) is 2.56. The lowest BCUT2D eigenvalue weighted by Gasteiger charge is -2.12. The summed E-state index contributed by atoms with van der Waals surface area (Å²) in [5.41, 5.74) is 0.628. The van der Waals surface area contributed by atoms with Crippen molar-refractivity contribution in [3.63, 3.8) is 0 Å². The van der Waals surface area contributed by atoms with E-state index in [-0.39, 0.29) is 11.3 Å². The highest BCUT2D eigenvalue weighted by Gasteiger charge is 2.15. The predicted molar refractivity (Wildman–Crippen MR) is 62.3 cm³/mol. The van der Waals surface area contributed by atoms with Gasteiger partial charge in [0, 0.05) is 12.4 Å². The van der Waals surface area contributed by atoms with Crippen molar-refractivity contribution in [1.29, 1.82) is 0 Å². The maximum atomic E-state index is 12.0. The highest BCUT2D eigenvalue weighted by atomic mass is 16.5. The van der Waals surface area contributed by atoms with E-state index in [0.717, 1.165) is 10.9 Å². The highest BCUT2D eigenvalue weighted by Crippen LogP contribution is 2.31. The van der Waals surface area contributed by atoms with Gasteiger partial charge in [-0.05, 0) is 12.1 Å². The fraction of sp³-hybridized carbons (Fsp3) is 0.250. The monoisotopic (exact) mass is 219 g/mol. The first-order valence-electron chi connectivity index (χ1n) is 4.90. The third-order valence-electron chi connectivity index (χ3n) is 2.62. The number of benzene rings is 1. The molecule has 0 radical (unpaired) electrons. The van der Waals surface area contributed by atoms with Gasteiger partial charge >= 0.3 is 0 Å². The van der Waals surface area contributed by atoms with Gasteiger partial charge in [0.25, 0.3) is 5.56 Å². The number of hydrogen-bond acceptors (Lipinski definition) is 3. The Morgan fingerprint density at radius 1 is 1.06 bits per heavy atom. The van der Waals surface area contributed by atoms with Crippen LogP contribution in [-0.2, 0) is 7.05 Å². The smallest absolute Gasteiger partial charge is 0.297 e. The number of para-hydroxylation sites is 1. The molecule has 0 unspecified atom stereocenters. The largest absolute Gasteiger partial charge is 0.492 e. The van der Waals surface area contributed by atoms with Crippen LogP contribution in [0.1, 0.15) is 0 Å². The molecule has 0 saturated carbocycles. The molecule has 0 aliphatic rings. The first-order valence-corrected chi connectivity index (χ1v) is 4.90. The molecule has 0 aliphatic carbocycles. The minimum atomic E-state index is -0.196. The lowest BCUT2D eigenvalue weighted by Crippen LogP contribution is -2.19. The van der Waals surface area contributed by atoms with Crippen molar-refractivity contribution in [1.82, 2.24) is 4.57 Å². The summed E-state index contributed by atoms with van der Waals surface area (Å²) in [7, 11) is 4.71. The molecule has 0 aliphatic heterocycles. The molecule has 4 heteroatoms. The number of fused-ring (bicyclic) bond motifs is 1. The van der Waals surface area contributed by atoms with Crippen LogP contribution in [0.2, 0.25) is 0 Å². The van der Waals surface area contributed by atoms with Crippen LogP contribution in [0.5, 0.6) is 11.5 Å². The van der Waals surface area contributed by atoms with Crippen LogP contribution in [0.4, 0.5) is 0 Å². The molecule has 16 heavy (non-hydrogen) atoms. The van der Waals surface area contributed by atoms with E-state index >= 15 is 0 Å². The first-order chi connectivity index (χ1) is 7.70. The van der Waals surface area contributed by atoms with Gasteiger partial charge in [0.15, 0.2) is 5.75 Å². The molecule has 0 bridgehead atoms. The van der Waals surface area contributed by atoms with Crippen molar-refractivity contribution < 1.29 is 9.47 Å². The van der Waals surface area contributed by atoms with Crippen molar-refractivity contribution >= 4 is 10.9 Å². The molecule has 0 atom stereocenters. The molecule has 1 heterocycles. The minimum Gasteiger partial charge on any atom is -0.492 e. The van der Waals surface area contributed by atoms with Crippen LogP contribution in [-0.4, -0.2) is 18.8 Å². The third kappa shape index (κ3) is 1.34. The zero-order valence-electron chi connectivity index (χ0n) is 9.48. The number of pyridine rings is 1. The number of aromatic nitrogens is 1. The molecule has 1 aromatic carbocycles. The van der Waals surface area contributed by atoms with E-state index in [1.165, 1.54) is 14.2 Å². The first kappa shape index (κ1) is 10.5. The second-order valence-electron chi connectivity index (χ2n) is 3.45. The van der Waals surface area contributed by atoms with Crippen LogP contribution in [0.15, 0.2) is 29.1 Å². The number of nitrogens with zero attached hydrogens (tertiary/aromatic N) is 1. The van der Waals surface area contributed by atoms with Gasteiger partial charge < -0.3 is 14.0 Å². The number of methoxy groups -OCH3 is 2. The molecule has 4 nitrogen and oxygen atoms in total. The third-order valence-corrected chi connectivity index (χ3v) is 2.62. The fourth-order valence-corrected chi connectivity index (χ4v) is 1.82. The van der Waals surface area contributed by atoms with Crippen molar-refractivity contribution in [2.45, 2.75) is 0 Å². The summed E-state index contributed by atoms with van der Waals surface area (Å²) < 4.78 is 11.9. The average molecular weight is 219 g/mol. The van der Waals surface area contributed by atoms with Gasteiger partial charge in [0.05, 0.1) is 19.7 Å². The topological polar surface area (TPSA) is 40.5 Å². The minimum absolute atomic E-state index is 0.196. The molecule has 2 aromatic rings.